The number of carbonyl (C=O) groups excluding carboxylic acids is 1. The summed E-state index contributed by atoms with van der Waals surface area (Å²) < 4.78 is 43.9. The van der Waals surface area contributed by atoms with Crippen molar-refractivity contribution in [3.63, 3.8) is 0 Å². The molecular weight excluding hydrogens is 652 g/mol. The summed E-state index contributed by atoms with van der Waals surface area (Å²) in [7, 11) is 0. The van der Waals surface area contributed by atoms with Crippen LogP contribution < -0.4 is 9.64 Å². The molecule has 260 valence electrons. The average Bonchev–Trinajstić information content (AvgIpc) is 3.76. The number of ether oxygens (including phenoxy) is 2. The van der Waals surface area contributed by atoms with E-state index in [0.717, 1.165) is 54.4 Å². The third-order valence-electron chi connectivity index (χ3n) is 10.8. The Morgan fingerprint density at radius 1 is 1.12 bits per heavy atom. The smallest absolute Gasteiger partial charge is 0.410 e. The minimum absolute atomic E-state index is 0.0366. The number of H-pyrrole nitrogens is 1. The van der Waals surface area contributed by atoms with Gasteiger partial charge in [0.15, 0.2) is 5.82 Å². The Balaban J connectivity index is 1.23. The van der Waals surface area contributed by atoms with Crippen LogP contribution in [0.15, 0.2) is 18.2 Å². The average molecular weight is 694 g/mol. The van der Waals surface area contributed by atoms with Crippen LogP contribution in [0, 0.1) is 19.7 Å². The molecule has 0 unspecified atom stereocenters. The van der Waals surface area contributed by atoms with E-state index in [-0.39, 0.29) is 46.9 Å². The van der Waals surface area contributed by atoms with E-state index in [0.29, 0.717) is 42.8 Å². The first kappa shape index (κ1) is 32.4. The van der Waals surface area contributed by atoms with Crippen LogP contribution in [0.2, 0.25) is 5.02 Å². The lowest BCUT2D eigenvalue weighted by atomic mass is 9.94. The van der Waals surface area contributed by atoms with Gasteiger partial charge in [-0.25, -0.2) is 13.6 Å². The number of fused-ring (bicyclic) bond motifs is 5. The lowest BCUT2D eigenvalue weighted by Gasteiger charge is -2.42. The Kier molecular flexibility index (Phi) is 7.71. The summed E-state index contributed by atoms with van der Waals surface area (Å²) in [5.41, 5.74) is 2.31. The van der Waals surface area contributed by atoms with Gasteiger partial charge in [0.25, 0.3) is 0 Å². The highest BCUT2D eigenvalue weighted by Gasteiger charge is 2.50. The van der Waals surface area contributed by atoms with Crippen molar-refractivity contribution in [1.29, 1.82) is 0 Å². The van der Waals surface area contributed by atoms with E-state index < -0.39 is 23.1 Å². The molecule has 6 heterocycles. The number of anilines is 1. The van der Waals surface area contributed by atoms with Gasteiger partial charge in [0.2, 0.25) is 0 Å². The number of benzene rings is 2. The standard InChI is InChI=1S/C36H42ClF2N7O3/c1-19-7-10-26-28(20(2)42-43-26)27(19)29-25(37)13-24-31(30(29)39)40-33(48-18-36-11-6-12-45(36)15-21(38)14-36)41-32(24)44-16-22-8-9-23(17-44)46(22)34(47)49-35(3,4)5/h7,10,13,21-23H,6,8-9,11-12,14-18H2,1-5H3,(H,42,43)/t21-,22-,23+,36+/m1/s1. The number of piperazine rings is 1. The zero-order valence-corrected chi connectivity index (χ0v) is 29.3. The molecule has 1 N–H and O–H groups in total. The quantitative estimate of drug-likeness (QED) is 0.236. The summed E-state index contributed by atoms with van der Waals surface area (Å²) in [4.78, 5) is 28.9. The number of aromatic amines is 1. The second-order valence-corrected chi connectivity index (χ2v) is 15.7. The Morgan fingerprint density at radius 3 is 2.61 bits per heavy atom. The normalized spacial score (nSPS) is 25.5. The second-order valence-electron chi connectivity index (χ2n) is 15.3. The molecule has 8 rings (SSSR count). The number of carbonyl (C=O) groups is 1. The van der Waals surface area contributed by atoms with Crippen LogP contribution in [0.25, 0.3) is 32.9 Å². The van der Waals surface area contributed by atoms with E-state index in [4.69, 9.17) is 31.0 Å². The summed E-state index contributed by atoms with van der Waals surface area (Å²) in [6.45, 7) is 11.8. The molecule has 2 bridgehead atoms. The van der Waals surface area contributed by atoms with Gasteiger partial charge < -0.3 is 14.4 Å². The first-order chi connectivity index (χ1) is 23.3. The van der Waals surface area contributed by atoms with Crippen LogP contribution in [0.4, 0.5) is 19.4 Å². The maximum absolute atomic E-state index is 17.2. The van der Waals surface area contributed by atoms with Crippen molar-refractivity contribution in [2.24, 2.45) is 0 Å². The lowest BCUT2D eigenvalue weighted by Crippen LogP contribution is -2.57. The Morgan fingerprint density at radius 2 is 1.88 bits per heavy atom. The van der Waals surface area contributed by atoms with Crippen LogP contribution in [0.3, 0.4) is 0 Å². The monoisotopic (exact) mass is 693 g/mol. The van der Waals surface area contributed by atoms with Crippen molar-refractivity contribution in [3.8, 4) is 17.1 Å². The van der Waals surface area contributed by atoms with E-state index in [9.17, 15) is 9.18 Å². The summed E-state index contributed by atoms with van der Waals surface area (Å²) in [5.74, 6) is -0.0778. The lowest BCUT2D eigenvalue weighted by molar-refractivity contribution is 0.0122. The van der Waals surface area contributed by atoms with E-state index >= 15 is 4.39 Å². The number of nitrogens with one attached hydrogen (secondary N) is 1. The number of alkyl halides is 1. The molecule has 4 saturated heterocycles. The van der Waals surface area contributed by atoms with E-state index in [1.165, 1.54) is 0 Å². The Hall–Kier alpha value is -3.77. The molecule has 0 aliphatic carbocycles. The predicted molar refractivity (Wildman–Crippen MR) is 185 cm³/mol. The van der Waals surface area contributed by atoms with Crippen LogP contribution in [-0.2, 0) is 4.74 Å². The molecule has 0 saturated carbocycles. The number of amides is 1. The molecule has 49 heavy (non-hydrogen) atoms. The largest absolute Gasteiger partial charge is 0.461 e. The van der Waals surface area contributed by atoms with Gasteiger partial charge in [-0.2, -0.15) is 15.1 Å². The molecule has 4 fully saturated rings. The van der Waals surface area contributed by atoms with E-state index in [1.54, 1.807) is 6.07 Å². The summed E-state index contributed by atoms with van der Waals surface area (Å²) in [6.07, 6.45) is 2.60. The van der Waals surface area contributed by atoms with Crippen molar-refractivity contribution in [1.82, 2.24) is 30.0 Å². The number of aryl methyl sites for hydroxylation is 2. The fraction of sp³-hybridized carbons (Fsp3) is 0.556. The minimum atomic E-state index is -0.909. The molecule has 4 aromatic rings. The zero-order chi connectivity index (χ0) is 34.4. The van der Waals surface area contributed by atoms with Crippen molar-refractivity contribution >= 4 is 45.3 Å². The Labute approximate surface area is 289 Å². The van der Waals surface area contributed by atoms with Crippen LogP contribution >= 0.6 is 11.6 Å². The number of nitrogens with zero attached hydrogens (tertiary/aromatic N) is 6. The second kappa shape index (κ2) is 11.7. The third kappa shape index (κ3) is 5.46. The zero-order valence-electron chi connectivity index (χ0n) is 28.6. The number of aromatic nitrogens is 4. The molecule has 0 spiro atoms. The molecule has 2 aromatic carbocycles. The van der Waals surface area contributed by atoms with Gasteiger partial charge in [-0.05, 0) is 84.5 Å². The molecule has 4 atom stereocenters. The molecule has 1 amide bonds. The molecule has 2 aromatic heterocycles. The van der Waals surface area contributed by atoms with Gasteiger partial charge in [0.1, 0.15) is 29.7 Å². The first-order valence-corrected chi connectivity index (χ1v) is 17.6. The topological polar surface area (TPSA) is 99.7 Å². The molecule has 4 aliphatic heterocycles. The fourth-order valence-electron chi connectivity index (χ4n) is 8.73. The van der Waals surface area contributed by atoms with Crippen LogP contribution in [0.1, 0.15) is 64.1 Å². The number of halogens is 3. The number of hydrogen-bond donors (Lipinski definition) is 1. The van der Waals surface area contributed by atoms with E-state index in [1.807, 2.05) is 51.7 Å². The predicted octanol–water partition coefficient (Wildman–Crippen LogP) is 7.13. The number of rotatable bonds is 5. The van der Waals surface area contributed by atoms with Crippen molar-refractivity contribution < 1.29 is 23.0 Å². The highest BCUT2D eigenvalue weighted by atomic mass is 35.5. The van der Waals surface area contributed by atoms with Gasteiger partial charge in [0.05, 0.1) is 33.9 Å². The molecule has 10 nitrogen and oxygen atoms in total. The molecule has 4 aliphatic rings. The van der Waals surface area contributed by atoms with Gasteiger partial charge in [-0.1, -0.05) is 17.7 Å². The SMILES string of the molecule is Cc1ccc2[nH]nc(C)c2c1-c1c(Cl)cc2c(N3C[C@H]4CC[C@@H](C3)N4C(=O)OC(C)(C)C)nc(OC[C@@]34CCCN3C[C@H](F)C4)nc2c1F. The van der Waals surface area contributed by atoms with Crippen molar-refractivity contribution in [2.45, 2.75) is 96.1 Å². The first-order valence-electron chi connectivity index (χ1n) is 17.2. The minimum Gasteiger partial charge on any atom is -0.461 e. The van der Waals surface area contributed by atoms with Gasteiger partial charge in [-0.3, -0.25) is 14.9 Å². The van der Waals surface area contributed by atoms with Crippen molar-refractivity contribution in [3.05, 3.63) is 40.3 Å². The van der Waals surface area contributed by atoms with Gasteiger partial charge in [0, 0.05) is 48.0 Å². The van der Waals surface area contributed by atoms with Crippen LogP contribution in [-0.4, -0.2) is 98.2 Å². The van der Waals surface area contributed by atoms with Gasteiger partial charge >= 0.3 is 12.1 Å². The molecule has 0 radical (unpaired) electrons. The van der Waals surface area contributed by atoms with Crippen LogP contribution in [0.5, 0.6) is 6.01 Å². The highest BCUT2D eigenvalue weighted by Crippen LogP contribution is 2.45. The van der Waals surface area contributed by atoms with Crippen molar-refractivity contribution in [2.75, 3.05) is 37.7 Å². The fourth-order valence-corrected chi connectivity index (χ4v) is 9.02. The maximum Gasteiger partial charge on any atom is 0.410 e. The molecule has 13 heteroatoms. The third-order valence-corrected chi connectivity index (χ3v) is 11.1. The summed E-state index contributed by atoms with van der Waals surface area (Å²) in [5, 5.41) is 8.89. The van der Waals surface area contributed by atoms with E-state index in [2.05, 4.69) is 20.0 Å². The van der Waals surface area contributed by atoms with Gasteiger partial charge in [-0.15, -0.1) is 0 Å². The number of hydrogen-bond acceptors (Lipinski definition) is 8. The summed E-state index contributed by atoms with van der Waals surface area (Å²) in [6, 6.07) is 5.42. The maximum atomic E-state index is 17.2. The summed E-state index contributed by atoms with van der Waals surface area (Å²) >= 11 is 7.02. The highest BCUT2D eigenvalue weighted by molar-refractivity contribution is 6.35. The Bertz CT molecular complexity index is 1970. The molecular formula is C36H42ClF2N7O3.